The number of fused-ring (bicyclic) bond motifs is 1. The Bertz CT molecular complexity index is 1070. The van der Waals surface area contributed by atoms with Crippen LogP contribution in [0.2, 0.25) is 5.02 Å². The first-order chi connectivity index (χ1) is 14.2. The van der Waals surface area contributed by atoms with E-state index in [1.807, 2.05) is 0 Å². The zero-order chi connectivity index (χ0) is 21.5. The maximum atomic E-state index is 13.5. The molecule has 1 aliphatic heterocycles. The Labute approximate surface area is 174 Å². The van der Waals surface area contributed by atoms with Crippen LogP contribution in [0.5, 0.6) is 0 Å². The van der Waals surface area contributed by atoms with Crippen molar-refractivity contribution < 1.29 is 17.6 Å². The van der Waals surface area contributed by atoms with Gasteiger partial charge in [0.25, 0.3) is 0 Å². The summed E-state index contributed by atoms with van der Waals surface area (Å²) in [6.07, 6.45) is -2.38. The number of rotatable bonds is 4. The lowest BCUT2D eigenvalue weighted by Crippen LogP contribution is -2.18. The fourth-order valence-electron chi connectivity index (χ4n) is 3.33. The molecule has 1 aromatic carbocycles. The number of alkyl halides is 3. The first-order valence-electron chi connectivity index (χ1n) is 9.08. The molecule has 4 rings (SSSR count). The highest BCUT2D eigenvalue weighted by Crippen LogP contribution is 2.38. The van der Waals surface area contributed by atoms with Gasteiger partial charge in [-0.25, -0.2) is 19.3 Å². The fourth-order valence-corrected chi connectivity index (χ4v) is 3.49. The van der Waals surface area contributed by atoms with Crippen molar-refractivity contribution in [3.05, 3.63) is 76.1 Å². The quantitative estimate of drug-likeness (QED) is 0.534. The van der Waals surface area contributed by atoms with E-state index in [4.69, 9.17) is 11.6 Å². The molecule has 1 aliphatic rings. The van der Waals surface area contributed by atoms with Crippen LogP contribution in [0.25, 0.3) is 0 Å². The number of nitrogens with zero attached hydrogens (tertiary/aromatic N) is 3. The average molecular weight is 438 g/mol. The van der Waals surface area contributed by atoms with Crippen LogP contribution in [0.15, 0.2) is 42.7 Å². The minimum absolute atomic E-state index is 0.215. The highest BCUT2D eigenvalue weighted by Gasteiger charge is 2.37. The zero-order valence-corrected chi connectivity index (χ0v) is 16.4. The van der Waals surface area contributed by atoms with Crippen molar-refractivity contribution >= 4 is 23.2 Å². The first-order valence-corrected chi connectivity index (χ1v) is 9.45. The second-order valence-corrected chi connectivity index (χ2v) is 7.37. The molecule has 0 saturated carbocycles. The number of benzene rings is 1. The molecule has 0 fully saturated rings. The maximum Gasteiger partial charge on any atom is 0.421 e. The third-order valence-electron chi connectivity index (χ3n) is 4.88. The molecule has 10 heteroatoms. The molecule has 5 nitrogen and oxygen atoms in total. The van der Waals surface area contributed by atoms with E-state index in [0.717, 1.165) is 11.8 Å². The summed E-state index contributed by atoms with van der Waals surface area (Å²) in [5.74, 6) is -0.344. The van der Waals surface area contributed by atoms with E-state index in [-0.39, 0.29) is 11.6 Å². The lowest BCUT2D eigenvalue weighted by Gasteiger charge is -2.20. The van der Waals surface area contributed by atoms with E-state index in [2.05, 4.69) is 25.6 Å². The minimum atomic E-state index is -4.64. The third-order valence-corrected chi connectivity index (χ3v) is 5.09. The normalized spacial score (nSPS) is 16.7. The van der Waals surface area contributed by atoms with Gasteiger partial charge in [-0.1, -0.05) is 23.7 Å². The molecule has 0 amide bonds. The van der Waals surface area contributed by atoms with Gasteiger partial charge in [0, 0.05) is 30.5 Å². The monoisotopic (exact) mass is 437 g/mol. The second-order valence-electron chi connectivity index (χ2n) is 6.93. The minimum Gasteiger partial charge on any atom is -0.369 e. The zero-order valence-electron chi connectivity index (χ0n) is 15.6. The van der Waals surface area contributed by atoms with E-state index < -0.39 is 29.5 Å². The lowest BCUT2D eigenvalue weighted by molar-refractivity contribution is -0.137. The Kier molecular flexibility index (Phi) is 5.23. The van der Waals surface area contributed by atoms with Crippen LogP contribution < -0.4 is 10.6 Å². The van der Waals surface area contributed by atoms with Crippen molar-refractivity contribution in [2.24, 2.45) is 0 Å². The van der Waals surface area contributed by atoms with E-state index in [0.29, 0.717) is 22.9 Å². The fraction of sp³-hybridized carbons (Fsp3) is 0.250. The average Bonchev–Trinajstić information content (AvgIpc) is 3.10. The second kappa shape index (κ2) is 7.71. The summed E-state index contributed by atoms with van der Waals surface area (Å²) in [4.78, 5) is 12.4. The topological polar surface area (TPSA) is 62.7 Å². The molecule has 0 saturated heterocycles. The molecule has 3 heterocycles. The highest BCUT2D eigenvalue weighted by atomic mass is 35.5. The van der Waals surface area contributed by atoms with Crippen LogP contribution in [-0.2, 0) is 6.18 Å². The van der Waals surface area contributed by atoms with E-state index >= 15 is 0 Å². The predicted molar refractivity (Wildman–Crippen MR) is 105 cm³/mol. The molecule has 3 aromatic rings. The highest BCUT2D eigenvalue weighted by molar-refractivity contribution is 6.30. The van der Waals surface area contributed by atoms with Crippen LogP contribution in [0.3, 0.4) is 0 Å². The van der Waals surface area contributed by atoms with Gasteiger partial charge >= 0.3 is 6.18 Å². The SMILES string of the molecule is C[C@H](Nc1nc(C2CNc3ncc(Cl)cc32)ncc1C(F)(F)F)c1ccc(F)cc1. The van der Waals surface area contributed by atoms with E-state index in [1.54, 1.807) is 13.0 Å². The van der Waals surface area contributed by atoms with E-state index in [9.17, 15) is 17.6 Å². The number of pyridine rings is 1. The number of hydrogen-bond acceptors (Lipinski definition) is 5. The summed E-state index contributed by atoms with van der Waals surface area (Å²) < 4.78 is 53.8. The van der Waals surface area contributed by atoms with Crippen molar-refractivity contribution in [3.63, 3.8) is 0 Å². The molecule has 0 spiro atoms. The number of halogens is 5. The van der Waals surface area contributed by atoms with Gasteiger partial charge in [-0.15, -0.1) is 0 Å². The Morgan fingerprint density at radius 3 is 2.60 bits per heavy atom. The number of anilines is 2. The Morgan fingerprint density at radius 1 is 1.17 bits per heavy atom. The molecule has 30 heavy (non-hydrogen) atoms. The van der Waals surface area contributed by atoms with Crippen molar-refractivity contribution in [2.75, 3.05) is 17.2 Å². The largest absolute Gasteiger partial charge is 0.421 e. The Hall–Kier alpha value is -2.94. The molecule has 1 unspecified atom stereocenters. The van der Waals surface area contributed by atoms with Crippen LogP contribution in [0.4, 0.5) is 29.2 Å². The van der Waals surface area contributed by atoms with Crippen LogP contribution in [-0.4, -0.2) is 21.5 Å². The van der Waals surface area contributed by atoms with Gasteiger partial charge in [0.15, 0.2) is 0 Å². The van der Waals surface area contributed by atoms with Crippen LogP contribution >= 0.6 is 11.6 Å². The van der Waals surface area contributed by atoms with Crippen LogP contribution in [0, 0.1) is 5.82 Å². The van der Waals surface area contributed by atoms with Gasteiger partial charge in [-0.05, 0) is 30.7 Å². The van der Waals surface area contributed by atoms with Gasteiger partial charge in [-0.2, -0.15) is 13.2 Å². The van der Waals surface area contributed by atoms with Crippen molar-refractivity contribution in [3.8, 4) is 0 Å². The molecular formula is C20H16ClF4N5. The van der Waals surface area contributed by atoms with Crippen molar-refractivity contribution in [1.82, 2.24) is 15.0 Å². The third kappa shape index (κ3) is 4.02. The summed E-state index contributed by atoms with van der Waals surface area (Å²) in [5, 5.41) is 6.30. The van der Waals surface area contributed by atoms with Gasteiger partial charge in [0.1, 0.15) is 28.8 Å². The van der Waals surface area contributed by atoms with Gasteiger partial charge in [0.2, 0.25) is 0 Å². The van der Waals surface area contributed by atoms with Gasteiger partial charge < -0.3 is 10.6 Å². The Balaban J connectivity index is 1.70. The number of nitrogens with one attached hydrogen (secondary N) is 2. The molecule has 156 valence electrons. The molecule has 0 aliphatic carbocycles. The lowest BCUT2D eigenvalue weighted by atomic mass is 10.0. The molecule has 2 N–H and O–H groups in total. The number of aromatic nitrogens is 3. The predicted octanol–water partition coefficient (Wildman–Crippen LogP) is 5.41. The first kappa shape index (κ1) is 20.3. The summed E-state index contributed by atoms with van der Waals surface area (Å²) in [6.45, 7) is 2.06. The summed E-state index contributed by atoms with van der Waals surface area (Å²) in [6, 6.07) is 6.67. The molecule has 0 bridgehead atoms. The molecular weight excluding hydrogens is 422 g/mol. The molecule has 2 aromatic heterocycles. The molecule has 0 radical (unpaired) electrons. The van der Waals surface area contributed by atoms with Crippen LogP contribution in [0.1, 0.15) is 41.4 Å². The summed E-state index contributed by atoms with van der Waals surface area (Å²) >= 11 is 6.02. The summed E-state index contributed by atoms with van der Waals surface area (Å²) in [7, 11) is 0. The van der Waals surface area contributed by atoms with Crippen molar-refractivity contribution in [2.45, 2.75) is 25.1 Å². The van der Waals surface area contributed by atoms with Gasteiger partial charge in [-0.3, -0.25) is 0 Å². The maximum absolute atomic E-state index is 13.5. The summed E-state index contributed by atoms with van der Waals surface area (Å²) in [5.41, 5.74) is 0.365. The Morgan fingerprint density at radius 2 is 1.90 bits per heavy atom. The van der Waals surface area contributed by atoms with E-state index in [1.165, 1.54) is 30.5 Å². The number of hydrogen-bond donors (Lipinski definition) is 2. The smallest absolute Gasteiger partial charge is 0.369 e. The van der Waals surface area contributed by atoms with Gasteiger partial charge in [0.05, 0.1) is 10.9 Å². The standard InChI is InChI=1S/C20H16ClF4N5/c1-10(11-2-4-13(22)5-3-11)29-19-16(20(23,24)25)9-28-18(30-19)15-8-27-17-14(15)6-12(21)7-26-17/h2-7,9-10,15H,8H2,1H3,(H,26,27)(H,28,29,30)/t10-,15?/m0/s1. The van der Waals surface area contributed by atoms with Crippen molar-refractivity contribution in [1.29, 1.82) is 0 Å². The molecule has 2 atom stereocenters.